The van der Waals surface area contributed by atoms with Crippen molar-refractivity contribution in [1.82, 2.24) is 4.72 Å². The van der Waals surface area contributed by atoms with Crippen molar-refractivity contribution in [2.45, 2.75) is 11.3 Å². The van der Waals surface area contributed by atoms with Gasteiger partial charge < -0.3 is 14.9 Å². The van der Waals surface area contributed by atoms with E-state index in [0.717, 1.165) is 5.76 Å². The second-order valence-electron chi connectivity index (χ2n) is 4.34. The predicted molar refractivity (Wildman–Crippen MR) is 78.6 cm³/mol. The Hall–Kier alpha value is -1.83. The van der Waals surface area contributed by atoms with E-state index in [4.69, 9.17) is 14.9 Å². The second-order valence-corrected chi connectivity index (χ2v) is 6.10. The molecule has 1 aromatic heterocycles. The summed E-state index contributed by atoms with van der Waals surface area (Å²) in [5.41, 5.74) is 5.33. The van der Waals surface area contributed by atoms with Crippen molar-refractivity contribution in [3.8, 4) is 5.75 Å². The van der Waals surface area contributed by atoms with E-state index in [-0.39, 0.29) is 11.4 Å². The summed E-state index contributed by atoms with van der Waals surface area (Å²) in [4.78, 5) is 0.196. The molecule has 0 saturated carbocycles. The van der Waals surface area contributed by atoms with Gasteiger partial charge in [0.25, 0.3) is 0 Å². The summed E-state index contributed by atoms with van der Waals surface area (Å²) < 4.78 is 37.1. The molecule has 0 saturated heterocycles. The van der Waals surface area contributed by atoms with Gasteiger partial charge in [0, 0.05) is 19.5 Å². The number of nitrogens with one attached hydrogen (secondary N) is 1. The third kappa shape index (κ3) is 4.59. The molecule has 7 heteroatoms. The zero-order valence-electron chi connectivity index (χ0n) is 11.5. The molecule has 0 aliphatic carbocycles. The minimum absolute atomic E-state index is 0.196. The van der Waals surface area contributed by atoms with Crippen molar-refractivity contribution in [3.05, 3.63) is 48.4 Å². The smallest absolute Gasteiger partial charge is 0.240 e. The van der Waals surface area contributed by atoms with E-state index in [1.54, 1.807) is 30.5 Å². The summed E-state index contributed by atoms with van der Waals surface area (Å²) in [6.07, 6.45) is 2.06. The Balaban J connectivity index is 1.92. The summed E-state index contributed by atoms with van der Waals surface area (Å²) in [7, 11) is -3.52. The molecule has 2 rings (SSSR count). The third-order valence-electron chi connectivity index (χ3n) is 2.76. The largest absolute Gasteiger partial charge is 0.492 e. The van der Waals surface area contributed by atoms with Gasteiger partial charge >= 0.3 is 0 Å². The first-order chi connectivity index (χ1) is 10.1. The van der Waals surface area contributed by atoms with Crippen molar-refractivity contribution in [2.75, 3.05) is 19.7 Å². The van der Waals surface area contributed by atoms with Crippen molar-refractivity contribution in [1.29, 1.82) is 0 Å². The van der Waals surface area contributed by atoms with E-state index in [1.165, 1.54) is 12.1 Å². The van der Waals surface area contributed by atoms with Crippen molar-refractivity contribution in [3.63, 3.8) is 0 Å². The van der Waals surface area contributed by atoms with Crippen LogP contribution in [0.5, 0.6) is 5.75 Å². The molecule has 0 amide bonds. The molecule has 1 aromatic carbocycles. The third-order valence-corrected chi connectivity index (χ3v) is 4.24. The predicted octanol–water partition coefficient (Wildman–Crippen LogP) is 1.14. The quantitative estimate of drug-likeness (QED) is 0.762. The Morgan fingerprint density at radius 3 is 2.57 bits per heavy atom. The van der Waals surface area contributed by atoms with E-state index in [2.05, 4.69) is 4.72 Å². The van der Waals surface area contributed by atoms with Crippen LogP contribution in [-0.2, 0) is 16.4 Å². The normalized spacial score (nSPS) is 11.5. The lowest BCUT2D eigenvalue weighted by Crippen LogP contribution is -2.25. The first kappa shape index (κ1) is 15.6. The lowest BCUT2D eigenvalue weighted by atomic mass is 10.3. The fourth-order valence-corrected chi connectivity index (χ4v) is 2.77. The average Bonchev–Trinajstić information content (AvgIpc) is 2.98. The maximum atomic E-state index is 12.1. The van der Waals surface area contributed by atoms with Gasteiger partial charge in [-0.3, -0.25) is 0 Å². The van der Waals surface area contributed by atoms with E-state index < -0.39 is 10.0 Å². The summed E-state index contributed by atoms with van der Waals surface area (Å²) in [5, 5.41) is 0. The number of ether oxygens (including phenoxy) is 1. The van der Waals surface area contributed by atoms with Crippen LogP contribution in [-0.4, -0.2) is 28.1 Å². The fourth-order valence-electron chi connectivity index (χ4n) is 1.74. The molecule has 0 fully saturated rings. The Morgan fingerprint density at radius 1 is 1.19 bits per heavy atom. The average molecular weight is 310 g/mol. The van der Waals surface area contributed by atoms with Gasteiger partial charge in [-0.25, -0.2) is 13.1 Å². The first-order valence-electron chi connectivity index (χ1n) is 6.57. The number of benzene rings is 1. The van der Waals surface area contributed by atoms with E-state index in [1.807, 2.05) is 0 Å². The molecule has 114 valence electrons. The van der Waals surface area contributed by atoms with Gasteiger partial charge in [0.2, 0.25) is 10.0 Å². The number of sulfonamides is 1. The topological polar surface area (TPSA) is 94.6 Å². The van der Waals surface area contributed by atoms with Crippen molar-refractivity contribution in [2.24, 2.45) is 5.73 Å². The van der Waals surface area contributed by atoms with Crippen LogP contribution < -0.4 is 15.2 Å². The molecule has 3 N–H and O–H groups in total. The van der Waals surface area contributed by atoms with Gasteiger partial charge in [-0.1, -0.05) is 0 Å². The van der Waals surface area contributed by atoms with Crippen LogP contribution in [0, 0.1) is 0 Å². The molecule has 0 aliphatic heterocycles. The van der Waals surface area contributed by atoms with Crippen LogP contribution in [0.3, 0.4) is 0 Å². The highest BCUT2D eigenvalue weighted by Crippen LogP contribution is 2.15. The molecule has 0 aliphatic rings. The Morgan fingerprint density at radius 2 is 1.95 bits per heavy atom. The molecule has 0 spiro atoms. The standard InChI is InChI=1S/C14H18N2O4S/c15-8-11-20-13-3-5-14(6-4-13)21(17,18)16-9-7-12-2-1-10-19-12/h1-6,10,16H,7-9,11,15H2. The molecule has 0 atom stereocenters. The highest BCUT2D eigenvalue weighted by molar-refractivity contribution is 7.89. The molecular weight excluding hydrogens is 292 g/mol. The highest BCUT2D eigenvalue weighted by Gasteiger charge is 2.13. The van der Waals surface area contributed by atoms with E-state index in [9.17, 15) is 8.42 Å². The van der Waals surface area contributed by atoms with Gasteiger partial charge in [0.1, 0.15) is 18.1 Å². The van der Waals surface area contributed by atoms with E-state index >= 15 is 0 Å². The molecule has 0 radical (unpaired) electrons. The first-order valence-corrected chi connectivity index (χ1v) is 8.05. The lowest BCUT2D eigenvalue weighted by molar-refractivity contribution is 0.328. The summed E-state index contributed by atoms with van der Waals surface area (Å²) in [5.74, 6) is 1.33. The molecule has 2 aromatic rings. The zero-order chi connectivity index (χ0) is 15.1. The molecular formula is C14H18N2O4S. The van der Waals surface area contributed by atoms with Crippen LogP contribution in [0.25, 0.3) is 0 Å². The Kier molecular flexibility index (Phi) is 5.38. The SMILES string of the molecule is NCCOc1ccc(S(=O)(=O)NCCc2ccco2)cc1. The van der Waals surface area contributed by atoms with Crippen LogP contribution in [0.1, 0.15) is 5.76 Å². The van der Waals surface area contributed by atoms with Crippen molar-refractivity contribution >= 4 is 10.0 Å². The van der Waals surface area contributed by atoms with Gasteiger partial charge in [0.15, 0.2) is 0 Å². The van der Waals surface area contributed by atoms with Crippen molar-refractivity contribution < 1.29 is 17.6 Å². The van der Waals surface area contributed by atoms with Gasteiger partial charge in [0.05, 0.1) is 11.2 Å². The molecule has 21 heavy (non-hydrogen) atoms. The fraction of sp³-hybridized carbons (Fsp3) is 0.286. The Labute approximate surface area is 124 Å². The Bertz CT molecular complexity index is 636. The highest BCUT2D eigenvalue weighted by atomic mass is 32.2. The van der Waals surface area contributed by atoms with Crippen LogP contribution in [0.15, 0.2) is 52.0 Å². The van der Waals surface area contributed by atoms with Crippen LogP contribution >= 0.6 is 0 Å². The zero-order valence-corrected chi connectivity index (χ0v) is 12.3. The molecule has 6 nitrogen and oxygen atoms in total. The van der Waals surface area contributed by atoms with Gasteiger partial charge in [-0.15, -0.1) is 0 Å². The minimum atomic E-state index is -3.52. The number of furan rings is 1. The maximum absolute atomic E-state index is 12.1. The summed E-state index contributed by atoms with van der Waals surface area (Å²) in [6, 6.07) is 9.79. The molecule has 0 unspecified atom stereocenters. The number of nitrogens with two attached hydrogens (primary N) is 1. The maximum Gasteiger partial charge on any atom is 0.240 e. The summed E-state index contributed by atoms with van der Waals surface area (Å²) in [6.45, 7) is 1.09. The monoisotopic (exact) mass is 310 g/mol. The molecule has 1 heterocycles. The minimum Gasteiger partial charge on any atom is -0.492 e. The number of rotatable bonds is 8. The second kappa shape index (κ2) is 7.26. The lowest BCUT2D eigenvalue weighted by Gasteiger charge is -2.08. The molecule has 0 bridgehead atoms. The van der Waals surface area contributed by atoms with E-state index in [0.29, 0.717) is 25.3 Å². The van der Waals surface area contributed by atoms with Gasteiger partial charge in [-0.2, -0.15) is 0 Å². The van der Waals surface area contributed by atoms with Crippen LogP contribution in [0.4, 0.5) is 0 Å². The summed E-state index contributed by atoms with van der Waals surface area (Å²) >= 11 is 0. The number of hydrogen-bond acceptors (Lipinski definition) is 5. The number of hydrogen-bond donors (Lipinski definition) is 2. The van der Waals surface area contributed by atoms with Crippen LogP contribution in [0.2, 0.25) is 0 Å². The van der Waals surface area contributed by atoms with Gasteiger partial charge in [-0.05, 0) is 36.4 Å².